The minimum Gasteiger partial charge on any atom is -0.383 e. The van der Waals surface area contributed by atoms with Crippen LogP contribution in [-0.2, 0) is 4.79 Å². The zero-order valence-corrected chi connectivity index (χ0v) is 16.9. The van der Waals surface area contributed by atoms with Crippen molar-refractivity contribution in [2.45, 2.75) is 44.1 Å². The van der Waals surface area contributed by atoms with Crippen molar-refractivity contribution in [3.63, 3.8) is 0 Å². The highest BCUT2D eigenvalue weighted by molar-refractivity contribution is 8.00. The van der Waals surface area contributed by atoms with Gasteiger partial charge in [-0.15, -0.1) is 11.3 Å². The van der Waals surface area contributed by atoms with Crippen molar-refractivity contribution in [2.24, 2.45) is 0 Å². The highest BCUT2D eigenvalue weighted by Crippen LogP contribution is 2.38. The quantitative estimate of drug-likeness (QED) is 0.506. The van der Waals surface area contributed by atoms with Gasteiger partial charge in [0.15, 0.2) is 5.16 Å². The number of nitrogens with one attached hydrogen (secondary N) is 1. The van der Waals surface area contributed by atoms with Crippen molar-refractivity contribution < 1.29 is 4.79 Å². The molecule has 0 aliphatic heterocycles. The molecule has 0 fully saturated rings. The Kier molecular flexibility index (Phi) is 5.48. The number of carbonyl (C=O) groups excluding carboxylic acids is 1. The van der Waals surface area contributed by atoms with Crippen LogP contribution in [0.5, 0.6) is 0 Å². The van der Waals surface area contributed by atoms with Crippen LogP contribution in [0.15, 0.2) is 35.5 Å². The third-order valence-electron chi connectivity index (χ3n) is 4.03. The Morgan fingerprint density at radius 3 is 2.54 bits per heavy atom. The number of rotatable bonds is 5. The molecule has 0 aliphatic rings. The van der Waals surface area contributed by atoms with Crippen molar-refractivity contribution in [3.05, 3.63) is 46.3 Å². The number of fused-ring (bicyclic) bond motifs is 1. The lowest BCUT2D eigenvalue weighted by Crippen LogP contribution is -2.33. The molecule has 26 heavy (non-hydrogen) atoms. The van der Waals surface area contributed by atoms with Crippen LogP contribution in [0.4, 0.5) is 5.82 Å². The van der Waals surface area contributed by atoms with Crippen molar-refractivity contribution in [1.29, 1.82) is 0 Å². The van der Waals surface area contributed by atoms with Crippen LogP contribution in [-0.4, -0.2) is 21.9 Å². The summed E-state index contributed by atoms with van der Waals surface area (Å²) >= 11 is 2.93. The summed E-state index contributed by atoms with van der Waals surface area (Å²) in [6.45, 7) is 7.98. The van der Waals surface area contributed by atoms with Crippen LogP contribution in [0, 0.1) is 13.8 Å². The predicted octanol–water partition coefficient (Wildman–Crippen LogP) is 4.25. The molecule has 0 saturated carbocycles. The summed E-state index contributed by atoms with van der Waals surface area (Å²) in [6.07, 6.45) is 0. The highest BCUT2D eigenvalue weighted by Gasteiger charge is 2.25. The van der Waals surface area contributed by atoms with Gasteiger partial charge in [-0.3, -0.25) is 4.79 Å². The van der Waals surface area contributed by atoms with Gasteiger partial charge in [-0.1, -0.05) is 42.1 Å². The van der Waals surface area contributed by atoms with E-state index in [1.807, 2.05) is 51.1 Å². The van der Waals surface area contributed by atoms with E-state index in [1.165, 1.54) is 16.6 Å². The Morgan fingerprint density at radius 1 is 1.19 bits per heavy atom. The SMILES string of the molecule is Cc1sc2nc(S[C@H](C(=O)NC(C)C)c3ccccc3)nc(N)c2c1C. The first-order chi connectivity index (χ1) is 12.4. The van der Waals surface area contributed by atoms with Gasteiger partial charge in [0.25, 0.3) is 0 Å². The molecular formula is C19H22N4OS2. The number of thioether (sulfide) groups is 1. The largest absolute Gasteiger partial charge is 0.383 e. The Morgan fingerprint density at radius 2 is 1.88 bits per heavy atom. The van der Waals surface area contributed by atoms with E-state index in [0.29, 0.717) is 11.0 Å². The first-order valence-electron chi connectivity index (χ1n) is 8.42. The first kappa shape index (κ1) is 18.7. The van der Waals surface area contributed by atoms with Crippen LogP contribution < -0.4 is 11.1 Å². The lowest BCUT2D eigenvalue weighted by Gasteiger charge is -2.18. The van der Waals surface area contributed by atoms with Gasteiger partial charge in [-0.2, -0.15) is 0 Å². The van der Waals surface area contributed by atoms with Crippen molar-refractivity contribution in [3.8, 4) is 0 Å². The van der Waals surface area contributed by atoms with Gasteiger partial charge in [0.2, 0.25) is 5.91 Å². The molecular weight excluding hydrogens is 364 g/mol. The summed E-state index contributed by atoms with van der Waals surface area (Å²) < 4.78 is 0. The number of thiophene rings is 1. The Balaban J connectivity index is 1.99. The van der Waals surface area contributed by atoms with Gasteiger partial charge in [-0.05, 0) is 38.8 Å². The van der Waals surface area contributed by atoms with Gasteiger partial charge in [0.05, 0.1) is 5.39 Å². The number of amides is 1. The first-order valence-corrected chi connectivity index (χ1v) is 10.1. The predicted molar refractivity (Wildman–Crippen MR) is 110 cm³/mol. The number of nitrogens with two attached hydrogens (primary N) is 1. The average Bonchev–Trinajstić information content (AvgIpc) is 2.87. The summed E-state index contributed by atoms with van der Waals surface area (Å²) in [5.41, 5.74) is 8.22. The molecule has 0 bridgehead atoms. The molecule has 0 unspecified atom stereocenters. The Hall–Kier alpha value is -2.12. The second-order valence-electron chi connectivity index (χ2n) is 6.43. The van der Waals surface area contributed by atoms with E-state index < -0.39 is 5.25 Å². The fourth-order valence-electron chi connectivity index (χ4n) is 2.68. The fourth-order valence-corrected chi connectivity index (χ4v) is 4.75. The molecule has 0 aliphatic carbocycles. The number of benzene rings is 1. The van der Waals surface area contributed by atoms with Crippen LogP contribution in [0.3, 0.4) is 0 Å². The molecule has 1 amide bonds. The molecule has 1 aromatic carbocycles. The average molecular weight is 387 g/mol. The number of nitrogen functional groups attached to an aromatic ring is 1. The lowest BCUT2D eigenvalue weighted by atomic mass is 10.1. The van der Waals surface area contributed by atoms with Crippen molar-refractivity contribution in [1.82, 2.24) is 15.3 Å². The maximum Gasteiger partial charge on any atom is 0.238 e. The topological polar surface area (TPSA) is 80.9 Å². The van der Waals surface area contributed by atoms with E-state index in [2.05, 4.69) is 22.2 Å². The summed E-state index contributed by atoms with van der Waals surface area (Å²) in [4.78, 5) is 23.9. The van der Waals surface area contributed by atoms with Crippen LogP contribution in [0.25, 0.3) is 10.2 Å². The van der Waals surface area contributed by atoms with Gasteiger partial charge >= 0.3 is 0 Å². The molecule has 3 aromatic rings. The maximum absolute atomic E-state index is 12.7. The zero-order valence-electron chi connectivity index (χ0n) is 15.2. The highest BCUT2D eigenvalue weighted by atomic mass is 32.2. The number of hydrogen-bond acceptors (Lipinski definition) is 6. The van der Waals surface area contributed by atoms with E-state index in [-0.39, 0.29) is 11.9 Å². The van der Waals surface area contributed by atoms with Crippen LogP contribution in [0.2, 0.25) is 0 Å². The number of aromatic nitrogens is 2. The minimum atomic E-state index is -0.433. The van der Waals surface area contributed by atoms with Crippen LogP contribution in [0.1, 0.15) is 35.1 Å². The second kappa shape index (κ2) is 7.63. The standard InChI is InChI=1S/C19H22N4OS2/c1-10(2)21-17(24)15(13-8-6-5-7-9-13)26-19-22-16(20)14-11(3)12(4)25-18(14)23-19/h5-10,15H,1-4H3,(H,21,24)(H2,20,22,23)/t15-/m0/s1. The molecule has 0 radical (unpaired) electrons. The summed E-state index contributed by atoms with van der Waals surface area (Å²) in [7, 11) is 0. The molecule has 2 aromatic heterocycles. The number of nitrogens with zero attached hydrogens (tertiary/aromatic N) is 2. The van der Waals surface area contributed by atoms with E-state index in [4.69, 9.17) is 5.73 Å². The van der Waals surface area contributed by atoms with Gasteiger partial charge in [-0.25, -0.2) is 9.97 Å². The van der Waals surface area contributed by atoms with Gasteiger partial charge in [0.1, 0.15) is 15.9 Å². The Bertz CT molecular complexity index is 938. The van der Waals surface area contributed by atoms with Gasteiger partial charge < -0.3 is 11.1 Å². The van der Waals surface area contributed by atoms with E-state index in [1.54, 1.807) is 11.3 Å². The van der Waals surface area contributed by atoms with Crippen molar-refractivity contribution in [2.75, 3.05) is 5.73 Å². The maximum atomic E-state index is 12.7. The molecule has 2 heterocycles. The molecule has 1 atom stereocenters. The van der Waals surface area contributed by atoms with E-state index >= 15 is 0 Å². The zero-order chi connectivity index (χ0) is 18.8. The molecule has 0 saturated heterocycles. The molecule has 7 heteroatoms. The summed E-state index contributed by atoms with van der Waals surface area (Å²) in [6, 6.07) is 9.73. The van der Waals surface area contributed by atoms with Gasteiger partial charge in [0, 0.05) is 10.9 Å². The minimum absolute atomic E-state index is 0.0583. The third-order valence-corrected chi connectivity index (χ3v) is 6.25. The van der Waals surface area contributed by atoms with E-state index in [0.717, 1.165) is 21.3 Å². The monoisotopic (exact) mass is 386 g/mol. The fraction of sp³-hybridized carbons (Fsp3) is 0.316. The summed E-state index contributed by atoms with van der Waals surface area (Å²) in [5, 5.41) is 3.98. The smallest absolute Gasteiger partial charge is 0.238 e. The number of aryl methyl sites for hydroxylation is 2. The molecule has 0 spiro atoms. The third kappa shape index (κ3) is 3.83. The number of hydrogen-bond donors (Lipinski definition) is 2. The Labute approximate surface area is 161 Å². The number of carbonyl (C=O) groups is 1. The van der Waals surface area contributed by atoms with Crippen molar-refractivity contribution >= 4 is 45.0 Å². The molecule has 3 N–H and O–H groups in total. The molecule has 136 valence electrons. The van der Waals surface area contributed by atoms with Crippen LogP contribution >= 0.6 is 23.1 Å². The lowest BCUT2D eigenvalue weighted by molar-refractivity contribution is -0.121. The molecule has 5 nitrogen and oxygen atoms in total. The molecule has 3 rings (SSSR count). The number of anilines is 1. The van der Waals surface area contributed by atoms with E-state index in [9.17, 15) is 4.79 Å². The second-order valence-corrected chi connectivity index (χ2v) is 8.70. The normalized spacial score (nSPS) is 12.5. The summed E-state index contributed by atoms with van der Waals surface area (Å²) in [5.74, 6) is 0.410.